The zero-order valence-electron chi connectivity index (χ0n) is 9.04. The van der Waals surface area contributed by atoms with Crippen LogP contribution < -0.4 is 5.68 Å². The van der Waals surface area contributed by atoms with Crippen LogP contribution >= 0.6 is 0 Å². The van der Waals surface area contributed by atoms with E-state index in [0.717, 1.165) is 0 Å². The second kappa shape index (κ2) is 4.14. The molecule has 0 unspecified atom stereocenters. The molecule has 0 aliphatic heterocycles. The van der Waals surface area contributed by atoms with Crippen molar-refractivity contribution in [1.82, 2.24) is 9.78 Å². The van der Waals surface area contributed by atoms with Crippen molar-refractivity contribution in [3.63, 3.8) is 0 Å². The lowest BCUT2D eigenvalue weighted by atomic mass is 10.1. The molecule has 0 bridgehead atoms. The van der Waals surface area contributed by atoms with Gasteiger partial charge in [-0.1, -0.05) is 30.3 Å². The summed E-state index contributed by atoms with van der Waals surface area (Å²) in [5.74, 6) is -0.194. The molecule has 16 heavy (non-hydrogen) atoms. The van der Waals surface area contributed by atoms with E-state index in [-0.39, 0.29) is 11.7 Å². The minimum atomic E-state index is -0.244. The van der Waals surface area contributed by atoms with Gasteiger partial charge in [-0.15, -0.1) is 5.10 Å². The first-order valence-corrected chi connectivity index (χ1v) is 4.79. The number of nitrogens with zero attached hydrogens (tertiary/aromatic N) is 3. The van der Waals surface area contributed by atoms with E-state index in [1.807, 2.05) is 6.07 Å². The molecule has 2 aromatic rings. The number of carbonyl (C=O) groups excluding carboxylic acids is 1. The summed E-state index contributed by atoms with van der Waals surface area (Å²) < 4.78 is 6.64. The quantitative estimate of drug-likeness (QED) is 0.698. The highest BCUT2D eigenvalue weighted by Crippen LogP contribution is 2.05. The Morgan fingerprint density at radius 2 is 2.06 bits per heavy atom. The van der Waals surface area contributed by atoms with E-state index in [4.69, 9.17) is 4.42 Å². The van der Waals surface area contributed by atoms with Crippen molar-refractivity contribution in [2.75, 3.05) is 7.05 Å². The summed E-state index contributed by atoms with van der Waals surface area (Å²) in [6.07, 6.45) is 0. The molecule has 0 atom stereocenters. The van der Waals surface area contributed by atoms with E-state index in [1.165, 1.54) is 4.68 Å². The van der Waals surface area contributed by atoms with E-state index in [0.29, 0.717) is 11.2 Å². The minimum absolute atomic E-state index is 0.0503. The van der Waals surface area contributed by atoms with Crippen LogP contribution in [0.1, 0.15) is 16.2 Å². The maximum absolute atomic E-state index is 11.9. The van der Waals surface area contributed by atoms with Gasteiger partial charge in [0, 0.05) is 19.7 Å². The molecule has 1 aromatic carbocycles. The molecule has 0 radical (unpaired) electrons. The molecule has 0 aliphatic rings. The van der Waals surface area contributed by atoms with E-state index in [1.54, 1.807) is 38.4 Å². The summed E-state index contributed by atoms with van der Waals surface area (Å²) in [7, 11) is 3.25. The van der Waals surface area contributed by atoms with Gasteiger partial charge in [0.1, 0.15) is 0 Å². The van der Waals surface area contributed by atoms with Crippen molar-refractivity contribution in [3.8, 4) is 0 Å². The zero-order chi connectivity index (χ0) is 11.5. The smallest absolute Gasteiger partial charge is 0.315 e. The number of benzene rings is 1. The van der Waals surface area contributed by atoms with Crippen LogP contribution in [0.15, 0.2) is 39.7 Å². The predicted molar refractivity (Wildman–Crippen MR) is 56.8 cm³/mol. The van der Waals surface area contributed by atoms with Gasteiger partial charge < -0.3 is 4.42 Å². The van der Waals surface area contributed by atoms with Crippen molar-refractivity contribution < 1.29 is 9.21 Å². The fraction of sp³-hybridized carbons (Fsp3) is 0.182. The highest BCUT2D eigenvalue weighted by Gasteiger charge is 2.15. The molecule has 0 amide bonds. The predicted octanol–water partition coefficient (Wildman–Crippen LogP) is 0.775. The normalized spacial score (nSPS) is 11.8. The van der Waals surface area contributed by atoms with Gasteiger partial charge in [-0.2, -0.15) is 0 Å². The second-order valence-electron chi connectivity index (χ2n) is 3.23. The Balaban J connectivity index is 2.43. The molecule has 0 aliphatic carbocycles. The van der Waals surface area contributed by atoms with Gasteiger partial charge in [0.15, 0.2) is 0 Å². The summed E-state index contributed by atoms with van der Waals surface area (Å²) in [6.45, 7) is 0. The summed E-state index contributed by atoms with van der Waals surface area (Å²) >= 11 is 0. The van der Waals surface area contributed by atoms with E-state index < -0.39 is 0 Å². The largest absolute Gasteiger partial charge is 0.400 e. The number of hydrogen-bond acceptors (Lipinski definition) is 4. The van der Waals surface area contributed by atoms with Gasteiger partial charge in [-0.3, -0.25) is 4.79 Å². The molecule has 5 heteroatoms. The van der Waals surface area contributed by atoms with Crippen LogP contribution in [-0.4, -0.2) is 22.6 Å². The second-order valence-corrected chi connectivity index (χ2v) is 3.23. The van der Waals surface area contributed by atoms with Crippen LogP contribution in [-0.2, 0) is 7.05 Å². The molecular formula is C11H11N3O2. The topological polar surface area (TPSA) is 60.4 Å². The third kappa shape index (κ3) is 1.79. The van der Waals surface area contributed by atoms with Gasteiger partial charge in [0.2, 0.25) is 5.78 Å². The Kier molecular flexibility index (Phi) is 2.68. The Labute approximate surface area is 92.1 Å². The first kappa shape index (κ1) is 10.4. The molecule has 5 nitrogen and oxygen atoms in total. The third-order valence-corrected chi connectivity index (χ3v) is 2.13. The SMILES string of the molecule is CN=c1oc(C(=O)c2ccccc2)nn1C. The number of rotatable bonds is 2. The number of carbonyl (C=O) groups is 1. The first-order chi connectivity index (χ1) is 7.72. The van der Waals surface area contributed by atoms with Crippen LogP contribution in [0, 0.1) is 0 Å². The maximum atomic E-state index is 11.9. The fourth-order valence-corrected chi connectivity index (χ4v) is 1.35. The van der Waals surface area contributed by atoms with Crippen LogP contribution in [0.2, 0.25) is 0 Å². The molecule has 0 saturated carbocycles. The molecule has 0 spiro atoms. The average molecular weight is 217 g/mol. The van der Waals surface area contributed by atoms with Gasteiger partial charge in [0.05, 0.1) is 0 Å². The van der Waals surface area contributed by atoms with Gasteiger partial charge >= 0.3 is 5.68 Å². The van der Waals surface area contributed by atoms with Crippen molar-refractivity contribution in [3.05, 3.63) is 47.5 Å². The van der Waals surface area contributed by atoms with Gasteiger partial charge in [-0.25, -0.2) is 9.67 Å². The maximum Gasteiger partial charge on any atom is 0.315 e. The van der Waals surface area contributed by atoms with E-state index in [9.17, 15) is 4.79 Å². The van der Waals surface area contributed by atoms with Gasteiger partial charge in [0.25, 0.3) is 5.89 Å². The number of aromatic nitrogens is 2. The summed E-state index contributed by atoms with van der Waals surface area (Å²) in [5.41, 5.74) is 0.867. The summed E-state index contributed by atoms with van der Waals surface area (Å²) in [5, 5.41) is 3.96. The van der Waals surface area contributed by atoms with Crippen molar-refractivity contribution in [2.45, 2.75) is 0 Å². The van der Waals surface area contributed by atoms with E-state index in [2.05, 4.69) is 10.1 Å². The number of hydrogen-bond donors (Lipinski definition) is 0. The average Bonchev–Trinajstić information content (AvgIpc) is 2.71. The molecular weight excluding hydrogens is 206 g/mol. The summed E-state index contributed by atoms with van der Waals surface area (Å²) in [6, 6.07) is 8.87. The standard InChI is InChI=1S/C11H11N3O2/c1-12-11-14(2)13-10(16-11)9(15)8-6-4-3-5-7-8/h3-7H,1-2H3. The van der Waals surface area contributed by atoms with Crippen LogP contribution in [0.3, 0.4) is 0 Å². The zero-order valence-corrected chi connectivity index (χ0v) is 9.04. The van der Waals surface area contributed by atoms with Crippen LogP contribution in [0.4, 0.5) is 0 Å². The minimum Gasteiger partial charge on any atom is -0.400 e. The molecule has 0 N–H and O–H groups in total. The molecule has 1 aromatic heterocycles. The van der Waals surface area contributed by atoms with Crippen LogP contribution in [0.5, 0.6) is 0 Å². The Hall–Kier alpha value is -2.17. The van der Waals surface area contributed by atoms with Crippen molar-refractivity contribution in [1.29, 1.82) is 0 Å². The number of ketones is 1. The fourth-order valence-electron chi connectivity index (χ4n) is 1.35. The Morgan fingerprint density at radius 1 is 1.38 bits per heavy atom. The number of aryl methyl sites for hydroxylation is 1. The molecule has 82 valence electrons. The lowest BCUT2D eigenvalue weighted by molar-refractivity contribution is 0.100. The van der Waals surface area contributed by atoms with E-state index >= 15 is 0 Å². The Morgan fingerprint density at radius 3 is 2.62 bits per heavy atom. The van der Waals surface area contributed by atoms with Crippen LogP contribution in [0.25, 0.3) is 0 Å². The first-order valence-electron chi connectivity index (χ1n) is 4.79. The van der Waals surface area contributed by atoms with Gasteiger partial charge in [-0.05, 0) is 0 Å². The monoisotopic (exact) mass is 217 g/mol. The lowest BCUT2D eigenvalue weighted by Gasteiger charge is -1.93. The van der Waals surface area contributed by atoms with Crippen molar-refractivity contribution >= 4 is 5.78 Å². The molecule has 0 saturated heterocycles. The molecule has 2 rings (SSSR count). The highest BCUT2D eigenvalue weighted by atomic mass is 16.4. The Bertz CT molecular complexity index is 566. The molecule has 1 heterocycles. The summed E-state index contributed by atoms with van der Waals surface area (Å²) in [4.78, 5) is 15.8. The highest BCUT2D eigenvalue weighted by molar-refractivity contribution is 6.05. The lowest BCUT2D eigenvalue weighted by Crippen LogP contribution is -2.12. The molecule has 0 fully saturated rings. The van der Waals surface area contributed by atoms with Crippen molar-refractivity contribution in [2.24, 2.45) is 12.0 Å². The third-order valence-electron chi connectivity index (χ3n) is 2.13.